The number of ether oxygens (including phenoxy) is 1. The minimum atomic E-state index is -0.740. The van der Waals surface area contributed by atoms with Gasteiger partial charge in [-0.3, -0.25) is 4.79 Å². The lowest BCUT2D eigenvalue weighted by Gasteiger charge is -2.16. The highest BCUT2D eigenvalue weighted by molar-refractivity contribution is 6.04. The Morgan fingerprint density at radius 1 is 1.17 bits per heavy atom. The van der Waals surface area contributed by atoms with Crippen molar-refractivity contribution < 1.29 is 18.3 Å². The van der Waals surface area contributed by atoms with Crippen LogP contribution in [-0.2, 0) is 0 Å². The summed E-state index contributed by atoms with van der Waals surface area (Å²) < 4.78 is 33.4. The van der Waals surface area contributed by atoms with Crippen LogP contribution in [0.2, 0.25) is 0 Å². The average Bonchev–Trinajstić information content (AvgIpc) is 2.52. The summed E-state index contributed by atoms with van der Waals surface area (Å²) in [5.74, 6) is -1.37. The van der Waals surface area contributed by atoms with Gasteiger partial charge < -0.3 is 15.0 Å². The van der Waals surface area contributed by atoms with E-state index in [2.05, 4.69) is 5.32 Å². The zero-order valence-electron chi connectivity index (χ0n) is 13.9. The molecular formula is C18H20F2N2O2. The molecule has 0 saturated carbocycles. The Morgan fingerprint density at radius 2 is 1.83 bits per heavy atom. The number of anilines is 2. The van der Waals surface area contributed by atoms with E-state index in [1.165, 1.54) is 4.90 Å². The molecule has 4 nitrogen and oxygen atoms in total. The molecule has 2 aromatic carbocycles. The number of hydrogen-bond donors (Lipinski definition) is 1. The third-order valence-corrected chi connectivity index (χ3v) is 3.29. The Morgan fingerprint density at radius 3 is 2.42 bits per heavy atom. The molecule has 6 heteroatoms. The van der Waals surface area contributed by atoms with Crippen molar-refractivity contribution in [1.29, 1.82) is 0 Å². The molecule has 0 aliphatic carbocycles. The normalized spacial score (nSPS) is 10.4. The minimum absolute atomic E-state index is 0.0560. The predicted molar refractivity (Wildman–Crippen MR) is 90.9 cm³/mol. The van der Waals surface area contributed by atoms with E-state index < -0.39 is 17.5 Å². The van der Waals surface area contributed by atoms with Crippen molar-refractivity contribution in [1.82, 2.24) is 0 Å². The molecule has 0 bridgehead atoms. The zero-order chi connectivity index (χ0) is 17.7. The van der Waals surface area contributed by atoms with Crippen molar-refractivity contribution in [2.24, 2.45) is 0 Å². The van der Waals surface area contributed by atoms with Crippen LogP contribution in [0.3, 0.4) is 0 Å². The first kappa shape index (κ1) is 17.7. The Hall–Kier alpha value is -2.63. The highest BCUT2D eigenvalue weighted by Crippen LogP contribution is 2.26. The third-order valence-electron chi connectivity index (χ3n) is 3.29. The largest absolute Gasteiger partial charge is 0.494 e. The van der Waals surface area contributed by atoms with Crippen molar-refractivity contribution >= 4 is 17.3 Å². The first-order chi connectivity index (χ1) is 11.4. The second-order valence-electron chi connectivity index (χ2n) is 5.51. The van der Waals surface area contributed by atoms with Gasteiger partial charge in [-0.05, 0) is 36.8 Å². The van der Waals surface area contributed by atoms with Crippen molar-refractivity contribution in [2.45, 2.75) is 13.3 Å². The van der Waals surface area contributed by atoms with Gasteiger partial charge in [-0.2, -0.15) is 0 Å². The predicted octanol–water partition coefficient (Wildman–Crippen LogP) is 4.07. The van der Waals surface area contributed by atoms with Crippen LogP contribution >= 0.6 is 0 Å². The third kappa shape index (κ3) is 4.22. The minimum Gasteiger partial charge on any atom is -0.494 e. The smallest absolute Gasteiger partial charge is 0.255 e. The topological polar surface area (TPSA) is 41.6 Å². The summed E-state index contributed by atoms with van der Waals surface area (Å²) in [5.41, 5.74) is 0.254. The van der Waals surface area contributed by atoms with E-state index in [1.54, 1.807) is 38.4 Å². The maximum Gasteiger partial charge on any atom is 0.255 e. The maximum atomic E-state index is 14.0. The molecule has 0 fully saturated rings. The molecule has 0 heterocycles. The quantitative estimate of drug-likeness (QED) is 0.866. The Labute approximate surface area is 140 Å². The number of hydrogen-bond acceptors (Lipinski definition) is 3. The molecule has 0 atom stereocenters. The van der Waals surface area contributed by atoms with Crippen LogP contribution in [-0.4, -0.2) is 26.6 Å². The molecule has 0 saturated heterocycles. The van der Waals surface area contributed by atoms with E-state index in [-0.39, 0.29) is 11.4 Å². The fourth-order valence-corrected chi connectivity index (χ4v) is 2.22. The number of benzene rings is 2. The second kappa shape index (κ2) is 7.77. The molecule has 1 amide bonds. The lowest BCUT2D eigenvalue weighted by Crippen LogP contribution is -2.15. The van der Waals surface area contributed by atoms with Gasteiger partial charge in [-0.15, -0.1) is 0 Å². The van der Waals surface area contributed by atoms with Crippen LogP contribution in [0.5, 0.6) is 5.75 Å². The number of nitrogens with one attached hydrogen (secondary N) is 1. The van der Waals surface area contributed by atoms with Crippen LogP contribution in [0.1, 0.15) is 23.7 Å². The van der Waals surface area contributed by atoms with Crippen molar-refractivity contribution in [3.05, 3.63) is 53.6 Å². The monoisotopic (exact) mass is 334 g/mol. The molecule has 0 aromatic heterocycles. The van der Waals surface area contributed by atoms with E-state index in [0.29, 0.717) is 17.9 Å². The van der Waals surface area contributed by atoms with Gasteiger partial charge in [0.05, 0.1) is 6.61 Å². The summed E-state index contributed by atoms with van der Waals surface area (Å²) in [5, 5.41) is 2.50. The van der Waals surface area contributed by atoms with Crippen LogP contribution in [0, 0.1) is 11.6 Å². The van der Waals surface area contributed by atoms with Gasteiger partial charge in [0.15, 0.2) is 11.6 Å². The lowest BCUT2D eigenvalue weighted by atomic mass is 10.2. The first-order valence-corrected chi connectivity index (χ1v) is 7.63. The molecular weight excluding hydrogens is 314 g/mol. The summed E-state index contributed by atoms with van der Waals surface area (Å²) in [6.07, 6.45) is 0.854. The molecule has 0 spiro atoms. The number of carbonyl (C=O) groups excluding carboxylic acids is 1. The molecule has 0 aliphatic heterocycles. The fraction of sp³-hybridized carbons (Fsp3) is 0.278. The van der Waals surface area contributed by atoms with Crippen molar-refractivity contribution in [3.8, 4) is 5.75 Å². The van der Waals surface area contributed by atoms with Gasteiger partial charge in [0.1, 0.15) is 11.4 Å². The van der Waals surface area contributed by atoms with E-state index in [4.69, 9.17) is 4.74 Å². The highest BCUT2D eigenvalue weighted by atomic mass is 19.1. The summed E-state index contributed by atoms with van der Waals surface area (Å²) in [4.78, 5) is 13.6. The van der Waals surface area contributed by atoms with Gasteiger partial charge in [0.25, 0.3) is 5.91 Å². The Balaban J connectivity index is 2.18. The Kier molecular flexibility index (Phi) is 5.73. The molecule has 24 heavy (non-hydrogen) atoms. The van der Waals surface area contributed by atoms with Gasteiger partial charge in [0, 0.05) is 25.3 Å². The van der Waals surface area contributed by atoms with Crippen LogP contribution in [0.15, 0.2) is 36.4 Å². The maximum absolute atomic E-state index is 14.0. The van der Waals surface area contributed by atoms with Gasteiger partial charge in [0.2, 0.25) is 0 Å². The molecule has 2 rings (SSSR count). The summed E-state index contributed by atoms with van der Waals surface area (Å²) in [7, 11) is 3.09. The molecule has 0 radical (unpaired) electrons. The molecule has 0 unspecified atom stereocenters. The van der Waals surface area contributed by atoms with E-state index in [9.17, 15) is 13.6 Å². The zero-order valence-corrected chi connectivity index (χ0v) is 13.9. The summed E-state index contributed by atoms with van der Waals surface area (Å²) in [6, 6.07) is 8.82. The number of nitrogens with zero attached hydrogens (tertiary/aromatic N) is 1. The fourth-order valence-electron chi connectivity index (χ4n) is 2.22. The lowest BCUT2D eigenvalue weighted by molar-refractivity contribution is 0.102. The number of amides is 1. The van der Waals surface area contributed by atoms with Gasteiger partial charge in [-0.25, -0.2) is 8.78 Å². The summed E-state index contributed by atoms with van der Waals surface area (Å²) in [6.45, 7) is 2.53. The SMILES string of the molecule is CCCOc1cccc(C(=O)Nc2cc(F)c(N(C)C)c(F)c2)c1. The highest BCUT2D eigenvalue weighted by Gasteiger charge is 2.15. The van der Waals surface area contributed by atoms with E-state index in [1.807, 2.05) is 6.92 Å². The van der Waals surface area contributed by atoms with Crippen LogP contribution in [0.4, 0.5) is 20.2 Å². The Bertz CT molecular complexity index is 710. The molecule has 128 valence electrons. The molecule has 0 aliphatic rings. The second-order valence-corrected chi connectivity index (χ2v) is 5.51. The molecule has 2 aromatic rings. The standard InChI is InChI=1S/C18H20F2N2O2/c1-4-8-24-14-7-5-6-12(9-14)18(23)21-13-10-15(19)17(22(2)3)16(20)11-13/h5-7,9-11H,4,8H2,1-3H3,(H,21,23). The number of carbonyl (C=O) groups is 1. The van der Waals surface area contributed by atoms with E-state index >= 15 is 0 Å². The summed E-state index contributed by atoms with van der Waals surface area (Å²) >= 11 is 0. The van der Waals surface area contributed by atoms with Gasteiger partial charge >= 0.3 is 0 Å². The van der Waals surface area contributed by atoms with E-state index in [0.717, 1.165) is 18.6 Å². The van der Waals surface area contributed by atoms with Crippen molar-refractivity contribution in [3.63, 3.8) is 0 Å². The average molecular weight is 334 g/mol. The van der Waals surface area contributed by atoms with Crippen molar-refractivity contribution in [2.75, 3.05) is 30.9 Å². The van der Waals surface area contributed by atoms with Gasteiger partial charge in [-0.1, -0.05) is 13.0 Å². The molecule has 1 N–H and O–H groups in total. The van der Waals surface area contributed by atoms with Crippen LogP contribution < -0.4 is 15.0 Å². The number of rotatable bonds is 6. The first-order valence-electron chi connectivity index (χ1n) is 7.63. The van der Waals surface area contributed by atoms with Crippen LogP contribution in [0.25, 0.3) is 0 Å². The number of halogens is 2.